The van der Waals surface area contributed by atoms with Crippen molar-refractivity contribution in [3.8, 4) is 23.0 Å². The number of amides is 1. The summed E-state index contributed by atoms with van der Waals surface area (Å²) in [6, 6.07) is 15.3. The molecule has 198 valence electrons. The number of carbonyl (C=O) groups excluding carboxylic acids is 2. The van der Waals surface area contributed by atoms with Crippen LogP contribution in [0.4, 0.5) is 5.69 Å². The Balaban J connectivity index is 1.90. The Kier molecular flexibility index (Phi) is 7.90. The van der Waals surface area contributed by atoms with Crippen LogP contribution in [-0.2, 0) is 9.59 Å². The zero-order valence-electron chi connectivity index (χ0n) is 21.9. The predicted octanol–water partition coefficient (Wildman–Crippen LogP) is 5.52. The van der Waals surface area contributed by atoms with Crippen molar-refractivity contribution in [1.29, 1.82) is 0 Å². The molecule has 4 rings (SSSR count). The molecule has 3 aromatic rings. The van der Waals surface area contributed by atoms with Gasteiger partial charge in [0.2, 0.25) is 0 Å². The average Bonchev–Trinajstić information content (AvgIpc) is 3.17. The maximum atomic E-state index is 13.5. The van der Waals surface area contributed by atoms with E-state index in [4.69, 9.17) is 14.2 Å². The van der Waals surface area contributed by atoms with E-state index in [2.05, 4.69) is 0 Å². The van der Waals surface area contributed by atoms with E-state index in [-0.39, 0.29) is 17.1 Å². The highest BCUT2D eigenvalue weighted by atomic mass is 16.5. The van der Waals surface area contributed by atoms with Crippen LogP contribution in [0, 0.1) is 6.92 Å². The fraction of sp³-hybridized carbons (Fsp3) is 0.267. The topological polar surface area (TPSA) is 106 Å². The van der Waals surface area contributed by atoms with Crippen molar-refractivity contribution in [2.45, 2.75) is 33.7 Å². The Hall–Kier alpha value is -4.46. The van der Waals surface area contributed by atoms with Gasteiger partial charge >= 0.3 is 0 Å². The summed E-state index contributed by atoms with van der Waals surface area (Å²) in [5.74, 6) is -0.269. The number of anilines is 1. The summed E-state index contributed by atoms with van der Waals surface area (Å²) >= 11 is 0. The Morgan fingerprint density at radius 2 is 1.42 bits per heavy atom. The van der Waals surface area contributed by atoms with Crippen molar-refractivity contribution in [2.75, 3.05) is 24.7 Å². The third-order valence-electron chi connectivity index (χ3n) is 6.21. The number of rotatable bonds is 9. The number of benzene rings is 3. The number of carbonyl (C=O) groups is 2. The second kappa shape index (κ2) is 11.3. The van der Waals surface area contributed by atoms with Crippen LogP contribution < -0.4 is 19.1 Å². The van der Waals surface area contributed by atoms with Gasteiger partial charge in [-0.1, -0.05) is 12.1 Å². The number of phenolic OH excluding ortho intramolecular Hbond substituents is 1. The number of ether oxygens (including phenoxy) is 3. The third kappa shape index (κ3) is 5.02. The van der Waals surface area contributed by atoms with Gasteiger partial charge in [-0.05, 0) is 81.3 Å². The van der Waals surface area contributed by atoms with Gasteiger partial charge in [-0.25, -0.2) is 0 Å². The molecule has 2 N–H and O–H groups in total. The zero-order valence-corrected chi connectivity index (χ0v) is 21.9. The van der Waals surface area contributed by atoms with E-state index < -0.39 is 17.7 Å². The number of aryl methyl sites for hydroxylation is 1. The standard InChI is InChI=1S/C30H31NO7/c1-5-36-23-14-10-20(16-18(23)4)28(33)26-27(19-8-12-22(32)13-9-19)31(30(35)29(26)34)21-11-15-24(37-6-2)25(17-21)38-7-3/h8-17,27,32-33H,5-7H2,1-4H3/b28-26+. The molecule has 1 atom stereocenters. The summed E-state index contributed by atoms with van der Waals surface area (Å²) in [4.78, 5) is 28.3. The first kappa shape index (κ1) is 26.6. The molecule has 0 radical (unpaired) electrons. The van der Waals surface area contributed by atoms with Crippen molar-refractivity contribution in [1.82, 2.24) is 0 Å². The van der Waals surface area contributed by atoms with E-state index in [1.807, 2.05) is 27.7 Å². The van der Waals surface area contributed by atoms with Crippen LogP contribution in [0.1, 0.15) is 43.5 Å². The Labute approximate surface area is 221 Å². The molecule has 8 nitrogen and oxygen atoms in total. The van der Waals surface area contributed by atoms with E-state index in [9.17, 15) is 19.8 Å². The first-order valence-corrected chi connectivity index (χ1v) is 12.5. The summed E-state index contributed by atoms with van der Waals surface area (Å²) in [6.07, 6.45) is 0. The number of aromatic hydroxyl groups is 1. The largest absolute Gasteiger partial charge is 0.508 e. The van der Waals surface area contributed by atoms with Gasteiger partial charge in [0.05, 0.1) is 31.4 Å². The molecule has 3 aromatic carbocycles. The summed E-state index contributed by atoms with van der Waals surface area (Å²) in [5.41, 5.74) is 2.04. The second-order valence-electron chi connectivity index (χ2n) is 8.67. The van der Waals surface area contributed by atoms with Gasteiger partial charge in [0.15, 0.2) is 11.5 Å². The molecule has 0 aliphatic carbocycles. The maximum Gasteiger partial charge on any atom is 0.300 e. The van der Waals surface area contributed by atoms with E-state index in [0.717, 1.165) is 5.56 Å². The smallest absolute Gasteiger partial charge is 0.300 e. The molecule has 1 unspecified atom stereocenters. The number of aliphatic hydroxyl groups excluding tert-OH is 1. The van der Waals surface area contributed by atoms with Gasteiger partial charge in [-0.15, -0.1) is 0 Å². The van der Waals surface area contributed by atoms with Crippen LogP contribution in [0.3, 0.4) is 0 Å². The maximum absolute atomic E-state index is 13.5. The van der Waals surface area contributed by atoms with Crippen LogP contribution in [0.2, 0.25) is 0 Å². The lowest BCUT2D eigenvalue weighted by molar-refractivity contribution is -0.132. The Morgan fingerprint density at radius 3 is 2.05 bits per heavy atom. The van der Waals surface area contributed by atoms with E-state index in [1.165, 1.54) is 17.0 Å². The molecule has 1 saturated heterocycles. The normalized spacial score (nSPS) is 16.5. The lowest BCUT2D eigenvalue weighted by atomic mass is 9.94. The molecule has 38 heavy (non-hydrogen) atoms. The van der Waals surface area contributed by atoms with Crippen molar-refractivity contribution in [3.05, 3.63) is 82.9 Å². The molecule has 0 saturated carbocycles. The van der Waals surface area contributed by atoms with E-state index >= 15 is 0 Å². The Morgan fingerprint density at radius 1 is 0.816 bits per heavy atom. The minimum Gasteiger partial charge on any atom is -0.508 e. The van der Waals surface area contributed by atoms with E-state index in [1.54, 1.807) is 48.5 Å². The van der Waals surface area contributed by atoms with Crippen molar-refractivity contribution in [3.63, 3.8) is 0 Å². The molecule has 0 spiro atoms. The van der Waals surface area contributed by atoms with Crippen LogP contribution in [-0.4, -0.2) is 41.7 Å². The molecule has 1 heterocycles. The van der Waals surface area contributed by atoms with E-state index in [0.29, 0.717) is 53.9 Å². The average molecular weight is 518 g/mol. The number of nitrogens with zero attached hydrogens (tertiary/aromatic N) is 1. The number of phenols is 1. The molecular formula is C30H31NO7. The highest BCUT2D eigenvalue weighted by Crippen LogP contribution is 2.44. The zero-order chi connectivity index (χ0) is 27.4. The fourth-order valence-electron chi connectivity index (χ4n) is 4.53. The fourth-order valence-corrected chi connectivity index (χ4v) is 4.53. The van der Waals surface area contributed by atoms with Crippen LogP contribution in [0.25, 0.3) is 5.76 Å². The summed E-state index contributed by atoms with van der Waals surface area (Å²) in [5, 5.41) is 21.3. The minimum atomic E-state index is -0.949. The SMILES string of the molecule is CCOc1ccc(/C(O)=C2\C(=O)C(=O)N(c3ccc(OCC)c(OCC)c3)C2c2ccc(O)cc2)cc1C. The van der Waals surface area contributed by atoms with Crippen LogP contribution in [0.5, 0.6) is 23.0 Å². The quantitative estimate of drug-likeness (QED) is 0.219. The second-order valence-corrected chi connectivity index (χ2v) is 8.67. The molecule has 0 bridgehead atoms. The number of hydrogen-bond acceptors (Lipinski definition) is 7. The predicted molar refractivity (Wildman–Crippen MR) is 144 cm³/mol. The van der Waals surface area contributed by atoms with Gasteiger partial charge in [0.1, 0.15) is 17.3 Å². The number of ketones is 1. The Bertz CT molecular complexity index is 1380. The molecule has 1 aliphatic heterocycles. The molecule has 1 fully saturated rings. The summed E-state index contributed by atoms with van der Waals surface area (Å²) in [7, 11) is 0. The molecule has 1 amide bonds. The number of hydrogen-bond donors (Lipinski definition) is 2. The molecule has 1 aliphatic rings. The van der Waals surface area contributed by atoms with Gasteiger partial charge in [0, 0.05) is 17.3 Å². The van der Waals surface area contributed by atoms with Gasteiger partial charge in [-0.3, -0.25) is 14.5 Å². The first-order valence-electron chi connectivity index (χ1n) is 12.5. The summed E-state index contributed by atoms with van der Waals surface area (Å²) in [6.45, 7) is 8.71. The highest BCUT2D eigenvalue weighted by Gasteiger charge is 2.47. The highest BCUT2D eigenvalue weighted by molar-refractivity contribution is 6.51. The lowest BCUT2D eigenvalue weighted by Crippen LogP contribution is -2.29. The van der Waals surface area contributed by atoms with Crippen molar-refractivity contribution < 1.29 is 34.0 Å². The monoisotopic (exact) mass is 517 g/mol. The van der Waals surface area contributed by atoms with Gasteiger partial charge in [-0.2, -0.15) is 0 Å². The van der Waals surface area contributed by atoms with Crippen LogP contribution in [0.15, 0.2) is 66.2 Å². The van der Waals surface area contributed by atoms with Gasteiger partial charge < -0.3 is 24.4 Å². The lowest BCUT2D eigenvalue weighted by Gasteiger charge is -2.26. The summed E-state index contributed by atoms with van der Waals surface area (Å²) < 4.78 is 17.0. The molecule has 0 aromatic heterocycles. The number of Topliss-reactive ketones (excluding diaryl/α,β-unsaturated/α-hetero) is 1. The van der Waals surface area contributed by atoms with Crippen molar-refractivity contribution >= 4 is 23.1 Å². The first-order chi connectivity index (χ1) is 18.3. The molecule has 8 heteroatoms. The van der Waals surface area contributed by atoms with Gasteiger partial charge in [0.25, 0.3) is 11.7 Å². The van der Waals surface area contributed by atoms with Crippen LogP contribution >= 0.6 is 0 Å². The third-order valence-corrected chi connectivity index (χ3v) is 6.21. The molecular weight excluding hydrogens is 486 g/mol. The number of aliphatic hydroxyl groups is 1. The minimum absolute atomic E-state index is 0.0348. The van der Waals surface area contributed by atoms with Crippen molar-refractivity contribution in [2.24, 2.45) is 0 Å².